The summed E-state index contributed by atoms with van der Waals surface area (Å²) in [5.41, 5.74) is 5.87. The summed E-state index contributed by atoms with van der Waals surface area (Å²) in [4.78, 5) is 4.96. The second kappa shape index (κ2) is 7.36. The molecule has 2 aromatic carbocycles. The first-order valence-electron chi connectivity index (χ1n) is 9.84. The number of benzene rings is 2. The number of rotatable bonds is 3. The highest BCUT2D eigenvalue weighted by atomic mass is 32.1. The Balaban J connectivity index is 1.45. The van der Waals surface area contributed by atoms with Gasteiger partial charge >= 0.3 is 0 Å². The van der Waals surface area contributed by atoms with Gasteiger partial charge in [-0.1, -0.05) is 24.3 Å². The molecule has 1 saturated heterocycles. The van der Waals surface area contributed by atoms with Gasteiger partial charge in [-0.25, -0.2) is 0 Å². The van der Waals surface area contributed by atoms with Gasteiger partial charge in [-0.05, 0) is 58.3 Å². The number of likely N-dealkylation sites (N-methyl/N-ethyl adjacent to an activating group) is 1. The van der Waals surface area contributed by atoms with Crippen molar-refractivity contribution in [3.05, 3.63) is 70.1 Å². The fraction of sp³-hybridized carbons (Fsp3) is 0.391. The van der Waals surface area contributed by atoms with E-state index < -0.39 is 0 Å². The van der Waals surface area contributed by atoms with Crippen LogP contribution in [0.5, 0.6) is 0 Å². The number of morpholine rings is 1. The van der Waals surface area contributed by atoms with E-state index in [1.807, 2.05) is 11.3 Å². The minimum absolute atomic E-state index is 0.459. The van der Waals surface area contributed by atoms with Crippen LogP contribution in [0.2, 0.25) is 0 Å². The number of fused-ring (bicyclic) bond motifs is 2. The Morgan fingerprint density at radius 1 is 1.07 bits per heavy atom. The molecule has 3 aromatic rings. The van der Waals surface area contributed by atoms with E-state index in [1.54, 1.807) is 0 Å². The number of thiophene rings is 1. The van der Waals surface area contributed by atoms with E-state index in [0.717, 1.165) is 45.9 Å². The molecular weight excluding hydrogens is 352 g/mol. The Labute approximate surface area is 165 Å². The third-order valence-corrected chi connectivity index (χ3v) is 6.80. The molecule has 0 aliphatic carbocycles. The summed E-state index contributed by atoms with van der Waals surface area (Å²) < 4.78 is 6.86. The van der Waals surface area contributed by atoms with E-state index in [-0.39, 0.29) is 0 Å². The Morgan fingerprint density at radius 3 is 2.85 bits per heavy atom. The predicted octanol–water partition coefficient (Wildman–Crippen LogP) is 4.31. The molecular formula is C23H26N2OS. The maximum atomic E-state index is 5.48. The van der Waals surface area contributed by atoms with Crippen LogP contribution in [0, 0.1) is 0 Å². The summed E-state index contributed by atoms with van der Waals surface area (Å²) in [5.74, 6) is 0.459. The molecule has 1 aromatic heterocycles. The zero-order valence-electron chi connectivity index (χ0n) is 15.9. The Bertz CT molecular complexity index is 944. The summed E-state index contributed by atoms with van der Waals surface area (Å²) in [7, 11) is 2.24. The van der Waals surface area contributed by atoms with Gasteiger partial charge in [-0.15, -0.1) is 11.3 Å². The molecule has 1 atom stereocenters. The number of nitrogens with zero attached hydrogens (tertiary/aromatic N) is 2. The molecule has 0 bridgehead atoms. The van der Waals surface area contributed by atoms with Crippen molar-refractivity contribution >= 4 is 21.4 Å². The summed E-state index contributed by atoms with van der Waals surface area (Å²) in [6, 6.07) is 16.4. The van der Waals surface area contributed by atoms with Crippen molar-refractivity contribution in [1.82, 2.24) is 9.80 Å². The average molecular weight is 379 g/mol. The van der Waals surface area contributed by atoms with Crippen molar-refractivity contribution < 1.29 is 4.74 Å². The lowest BCUT2D eigenvalue weighted by molar-refractivity contribution is 0.0341. The number of ether oxygens (including phenoxy) is 1. The molecule has 4 heteroatoms. The quantitative estimate of drug-likeness (QED) is 0.675. The molecule has 0 amide bonds. The lowest BCUT2D eigenvalue weighted by Crippen LogP contribution is -2.36. The van der Waals surface area contributed by atoms with Crippen LogP contribution < -0.4 is 0 Å². The van der Waals surface area contributed by atoms with Gasteiger partial charge in [-0.2, -0.15) is 0 Å². The lowest BCUT2D eigenvalue weighted by atomic mass is 9.84. The van der Waals surface area contributed by atoms with Gasteiger partial charge in [0, 0.05) is 43.3 Å². The van der Waals surface area contributed by atoms with E-state index in [0.29, 0.717) is 5.92 Å². The van der Waals surface area contributed by atoms with Crippen molar-refractivity contribution in [2.24, 2.45) is 0 Å². The first-order chi connectivity index (χ1) is 13.3. The monoisotopic (exact) mass is 378 g/mol. The van der Waals surface area contributed by atoms with Crippen molar-refractivity contribution in [2.75, 3.05) is 39.9 Å². The van der Waals surface area contributed by atoms with Crippen molar-refractivity contribution in [2.45, 2.75) is 19.0 Å². The lowest BCUT2D eigenvalue weighted by Gasteiger charge is -2.33. The Morgan fingerprint density at radius 2 is 1.96 bits per heavy atom. The van der Waals surface area contributed by atoms with Crippen LogP contribution in [0.25, 0.3) is 10.1 Å². The van der Waals surface area contributed by atoms with Gasteiger partial charge in [0.2, 0.25) is 0 Å². The molecule has 1 fully saturated rings. The van der Waals surface area contributed by atoms with Gasteiger partial charge in [0.25, 0.3) is 0 Å². The number of hydrogen-bond acceptors (Lipinski definition) is 4. The molecule has 2 aliphatic heterocycles. The van der Waals surface area contributed by atoms with E-state index in [4.69, 9.17) is 4.74 Å². The molecule has 3 heterocycles. The van der Waals surface area contributed by atoms with Crippen LogP contribution in [-0.2, 0) is 17.8 Å². The zero-order valence-corrected chi connectivity index (χ0v) is 16.7. The van der Waals surface area contributed by atoms with Crippen LogP contribution >= 0.6 is 11.3 Å². The fourth-order valence-electron chi connectivity index (χ4n) is 4.50. The van der Waals surface area contributed by atoms with Crippen LogP contribution in [0.1, 0.15) is 28.2 Å². The Hall–Kier alpha value is -1.72. The summed E-state index contributed by atoms with van der Waals surface area (Å²) in [5, 5.41) is 3.56. The van der Waals surface area contributed by atoms with Gasteiger partial charge in [0.15, 0.2) is 0 Å². The molecule has 0 N–H and O–H groups in total. The normalized spacial score (nSPS) is 21.4. The molecule has 27 heavy (non-hydrogen) atoms. The molecule has 5 rings (SSSR count). The average Bonchev–Trinajstić information content (AvgIpc) is 3.15. The summed E-state index contributed by atoms with van der Waals surface area (Å²) >= 11 is 1.82. The van der Waals surface area contributed by atoms with E-state index >= 15 is 0 Å². The van der Waals surface area contributed by atoms with Crippen molar-refractivity contribution in [3.8, 4) is 0 Å². The van der Waals surface area contributed by atoms with Crippen LogP contribution in [0.3, 0.4) is 0 Å². The third kappa shape index (κ3) is 3.55. The first-order valence-corrected chi connectivity index (χ1v) is 10.7. The molecule has 2 aliphatic rings. The minimum Gasteiger partial charge on any atom is -0.379 e. The molecule has 0 spiro atoms. The maximum absolute atomic E-state index is 5.48. The summed E-state index contributed by atoms with van der Waals surface area (Å²) in [6.07, 6.45) is 0. The predicted molar refractivity (Wildman–Crippen MR) is 113 cm³/mol. The van der Waals surface area contributed by atoms with E-state index in [2.05, 4.69) is 64.7 Å². The zero-order chi connectivity index (χ0) is 18.2. The van der Waals surface area contributed by atoms with E-state index in [1.165, 1.54) is 32.3 Å². The highest BCUT2D eigenvalue weighted by Crippen LogP contribution is 2.35. The number of hydrogen-bond donors (Lipinski definition) is 0. The topological polar surface area (TPSA) is 15.7 Å². The van der Waals surface area contributed by atoms with Crippen LogP contribution in [0.4, 0.5) is 0 Å². The van der Waals surface area contributed by atoms with Gasteiger partial charge in [-0.3, -0.25) is 4.90 Å². The Kier molecular flexibility index (Phi) is 4.74. The first kappa shape index (κ1) is 17.4. The molecule has 140 valence electrons. The SMILES string of the molecule is CN1Cc2cc(CN3CCOCC3)ccc2C(c2ccc3sccc3c2)C1. The highest BCUT2D eigenvalue weighted by molar-refractivity contribution is 7.17. The highest BCUT2D eigenvalue weighted by Gasteiger charge is 2.25. The van der Waals surface area contributed by atoms with Crippen LogP contribution in [-0.4, -0.2) is 49.7 Å². The van der Waals surface area contributed by atoms with Gasteiger partial charge in [0.1, 0.15) is 0 Å². The second-order valence-electron chi connectivity index (χ2n) is 7.89. The van der Waals surface area contributed by atoms with Crippen molar-refractivity contribution in [3.63, 3.8) is 0 Å². The second-order valence-corrected chi connectivity index (χ2v) is 8.84. The molecule has 3 nitrogen and oxygen atoms in total. The van der Waals surface area contributed by atoms with Crippen molar-refractivity contribution in [1.29, 1.82) is 0 Å². The molecule has 0 saturated carbocycles. The van der Waals surface area contributed by atoms with Gasteiger partial charge < -0.3 is 9.64 Å². The van der Waals surface area contributed by atoms with E-state index in [9.17, 15) is 0 Å². The summed E-state index contributed by atoms with van der Waals surface area (Å²) in [6.45, 7) is 6.98. The molecule has 0 radical (unpaired) electrons. The van der Waals surface area contributed by atoms with Crippen LogP contribution in [0.15, 0.2) is 47.8 Å². The molecule has 1 unspecified atom stereocenters. The third-order valence-electron chi connectivity index (χ3n) is 5.91. The van der Waals surface area contributed by atoms with Gasteiger partial charge in [0.05, 0.1) is 13.2 Å². The standard InChI is InChI=1S/C23H26N2OS/c1-24-15-20-12-17(14-25-7-9-26-10-8-25)2-4-21(20)22(16-24)18-3-5-23-19(13-18)6-11-27-23/h2-6,11-13,22H,7-10,14-16H2,1H3. The largest absolute Gasteiger partial charge is 0.379 e. The fourth-order valence-corrected chi connectivity index (χ4v) is 5.27. The maximum Gasteiger partial charge on any atom is 0.0594 e. The smallest absolute Gasteiger partial charge is 0.0594 e. The minimum atomic E-state index is 0.459.